The fraction of sp³-hybridized carbons (Fsp3) is 0.316. The number of rotatable bonds is 7. The number of aryl methyl sites for hydroxylation is 2. The van der Waals surface area contributed by atoms with Crippen LogP contribution in [-0.4, -0.2) is 34.0 Å². The van der Waals surface area contributed by atoms with Gasteiger partial charge in [0.2, 0.25) is 0 Å². The van der Waals surface area contributed by atoms with Gasteiger partial charge in [0.05, 0.1) is 4.90 Å². The summed E-state index contributed by atoms with van der Waals surface area (Å²) >= 11 is 0. The molecule has 7 heteroatoms. The van der Waals surface area contributed by atoms with Gasteiger partial charge in [0.15, 0.2) is 0 Å². The van der Waals surface area contributed by atoms with E-state index in [9.17, 15) is 13.2 Å². The Morgan fingerprint density at radius 1 is 1.04 bits per heavy atom. The van der Waals surface area contributed by atoms with Crippen LogP contribution in [0.3, 0.4) is 0 Å². The zero-order valence-electron chi connectivity index (χ0n) is 15.5. The van der Waals surface area contributed by atoms with Gasteiger partial charge in [-0.2, -0.15) is 0 Å². The van der Waals surface area contributed by atoms with Crippen molar-refractivity contribution in [3.8, 4) is 0 Å². The summed E-state index contributed by atoms with van der Waals surface area (Å²) in [5.74, 6) is -0.198. The summed E-state index contributed by atoms with van der Waals surface area (Å²) in [7, 11) is -1.84. The number of amides is 1. The fourth-order valence-electron chi connectivity index (χ4n) is 2.23. The van der Waals surface area contributed by atoms with Crippen LogP contribution >= 0.6 is 0 Å². The molecule has 26 heavy (non-hydrogen) atoms. The Balaban J connectivity index is 2.08. The Morgan fingerprint density at radius 3 is 2.27 bits per heavy atom. The van der Waals surface area contributed by atoms with E-state index in [-0.39, 0.29) is 16.8 Å². The van der Waals surface area contributed by atoms with Crippen LogP contribution in [0.1, 0.15) is 28.4 Å². The Hall–Kier alpha value is -2.38. The largest absolute Gasteiger partial charge is 0.350 e. The molecule has 0 fully saturated rings. The molecule has 0 saturated heterocycles. The maximum atomic E-state index is 12.5. The van der Waals surface area contributed by atoms with E-state index in [1.165, 1.54) is 0 Å². The van der Waals surface area contributed by atoms with E-state index >= 15 is 0 Å². The van der Waals surface area contributed by atoms with Crippen LogP contribution in [0, 0.1) is 13.8 Å². The summed E-state index contributed by atoms with van der Waals surface area (Å²) in [5.41, 5.74) is 2.83. The highest BCUT2D eigenvalue weighted by molar-refractivity contribution is 7.92. The van der Waals surface area contributed by atoms with Gasteiger partial charge in [0.25, 0.3) is 15.9 Å². The lowest BCUT2D eigenvalue weighted by Gasteiger charge is -2.12. The van der Waals surface area contributed by atoms with Gasteiger partial charge >= 0.3 is 0 Å². The topological polar surface area (TPSA) is 87.3 Å². The molecule has 3 N–H and O–H groups in total. The van der Waals surface area contributed by atoms with Gasteiger partial charge in [-0.3, -0.25) is 9.52 Å². The zero-order chi connectivity index (χ0) is 19.3. The minimum absolute atomic E-state index is 0.169. The van der Waals surface area contributed by atoms with E-state index in [1.807, 2.05) is 27.8 Å². The SMILES string of the molecule is CNC(C)CNC(=O)c1ccc(NS(=O)(=O)c2ccc(C)c(C)c2)cc1. The molecule has 2 aromatic rings. The van der Waals surface area contributed by atoms with Crippen molar-refractivity contribution in [3.63, 3.8) is 0 Å². The van der Waals surface area contributed by atoms with Crippen molar-refractivity contribution in [1.82, 2.24) is 10.6 Å². The average Bonchev–Trinajstić information content (AvgIpc) is 2.61. The molecule has 2 aromatic carbocycles. The van der Waals surface area contributed by atoms with E-state index in [0.29, 0.717) is 17.8 Å². The van der Waals surface area contributed by atoms with Crippen molar-refractivity contribution in [2.24, 2.45) is 0 Å². The van der Waals surface area contributed by atoms with Crippen molar-refractivity contribution in [2.45, 2.75) is 31.7 Å². The molecule has 0 bridgehead atoms. The number of sulfonamides is 1. The molecule has 2 rings (SSSR count). The lowest BCUT2D eigenvalue weighted by atomic mass is 10.1. The highest BCUT2D eigenvalue weighted by Crippen LogP contribution is 2.19. The lowest BCUT2D eigenvalue weighted by molar-refractivity contribution is 0.0950. The molecule has 140 valence electrons. The summed E-state index contributed by atoms with van der Waals surface area (Å²) < 4.78 is 27.5. The third-order valence-electron chi connectivity index (χ3n) is 4.25. The summed E-state index contributed by atoms with van der Waals surface area (Å²) in [5, 5.41) is 5.85. The molecule has 6 nitrogen and oxygen atoms in total. The normalized spacial score (nSPS) is 12.5. The van der Waals surface area contributed by atoms with Gasteiger partial charge in [-0.15, -0.1) is 0 Å². The van der Waals surface area contributed by atoms with E-state index < -0.39 is 10.0 Å². The van der Waals surface area contributed by atoms with Crippen molar-refractivity contribution in [2.75, 3.05) is 18.3 Å². The maximum absolute atomic E-state index is 12.5. The summed E-state index contributed by atoms with van der Waals surface area (Å²) in [6.45, 7) is 6.28. The Labute approximate surface area is 155 Å². The molecule has 1 atom stereocenters. The minimum atomic E-state index is -3.67. The first-order valence-electron chi connectivity index (χ1n) is 8.38. The van der Waals surface area contributed by atoms with E-state index in [0.717, 1.165) is 11.1 Å². The molecular formula is C19H25N3O3S. The van der Waals surface area contributed by atoms with E-state index in [2.05, 4.69) is 15.4 Å². The van der Waals surface area contributed by atoms with Crippen LogP contribution in [0.25, 0.3) is 0 Å². The average molecular weight is 375 g/mol. The number of carbonyl (C=O) groups excluding carboxylic acids is 1. The fourth-order valence-corrected chi connectivity index (χ4v) is 3.38. The van der Waals surface area contributed by atoms with Crippen molar-refractivity contribution >= 4 is 21.6 Å². The van der Waals surface area contributed by atoms with Crippen molar-refractivity contribution in [1.29, 1.82) is 0 Å². The number of carbonyl (C=O) groups is 1. The summed E-state index contributed by atoms with van der Waals surface area (Å²) in [6.07, 6.45) is 0. The highest BCUT2D eigenvalue weighted by atomic mass is 32.2. The molecule has 1 amide bonds. The molecule has 0 aliphatic carbocycles. The number of anilines is 1. The van der Waals surface area contributed by atoms with Crippen molar-refractivity contribution in [3.05, 3.63) is 59.2 Å². The molecule has 0 spiro atoms. The van der Waals surface area contributed by atoms with Gasteiger partial charge < -0.3 is 10.6 Å². The smallest absolute Gasteiger partial charge is 0.261 e. The Morgan fingerprint density at radius 2 is 1.69 bits per heavy atom. The number of likely N-dealkylation sites (N-methyl/N-ethyl adjacent to an activating group) is 1. The lowest BCUT2D eigenvalue weighted by Crippen LogP contribution is -2.37. The second-order valence-electron chi connectivity index (χ2n) is 6.33. The second kappa shape index (κ2) is 8.33. The quantitative estimate of drug-likeness (QED) is 0.694. The standard InChI is InChI=1S/C19H25N3O3S/c1-13-5-10-18(11-14(13)2)26(24,25)22-17-8-6-16(7-9-17)19(23)21-12-15(3)20-4/h5-11,15,20,22H,12H2,1-4H3,(H,21,23). The monoisotopic (exact) mass is 375 g/mol. The van der Waals surface area contributed by atoms with E-state index in [1.54, 1.807) is 42.5 Å². The Bertz CT molecular complexity index is 877. The first kappa shape index (κ1) is 19.9. The summed E-state index contributed by atoms with van der Waals surface area (Å²) in [6, 6.07) is 11.5. The maximum Gasteiger partial charge on any atom is 0.261 e. The number of nitrogens with one attached hydrogen (secondary N) is 3. The van der Waals surface area contributed by atoms with Crippen LogP contribution in [0.4, 0.5) is 5.69 Å². The molecule has 0 heterocycles. The molecule has 1 unspecified atom stereocenters. The zero-order valence-corrected chi connectivity index (χ0v) is 16.3. The van der Waals surface area contributed by atoms with Gasteiger partial charge in [-0.25, -0.2) is 8.42 Å². The predicted octanol–water partition coefficient (Wildman–Crippen LogP) is 2.44. The first-order valence-corrected chi connectivity index (χ1v) is 9.87. The number of hydrogen-bond acceptors (Lipinski definition) is 4. The predicted molar refractivity (Wildman–Crippen MR) is 104 cm³/mol. The molecule has 0 aliphatic rings. The highest BCUT2D eigenvalue weighted by Gasteiger charge is 2.15. The van der Waals surface area contributed by atoms with Crippen LogP contribution in [-0.2, 0) is 10.0 Å². The van der Waals surface area contributed by atoms with Gasteiger partial charge in [0.1, 0.15) is 0 Å². The van der Waals surface area contributed by atoms with Gasteiger partial charge in [-0.1, -0.05) is 6.07 Å². The Kier molecular flexibility index (Phi) is 6.39. The third kappa shape index (κ3) is 5.06. The van der Waals surface area contributed by atoms with E-state index in [4.69, 9.17) is 0 Å². The van der Waals surface area contributed by atoms with Crippen LogP contribution in [0.5, 0.6) is 0 Å². The second-order valence-corrected chi connectivity index (χ2v) is 8.01. The van der Waals surface area contributed by atoms with Gasteiger partial charge in [-0.05, 0) is 75.3 Å². The molecule has 0 saturated carbocycles. The van der Waals surface area contributed by atoms with Gasteiger partial charge in [0, 0.05) is 23.8 Å². The number of hydrogen-bond donors (Lipinski definition) is 3. The molecule has 0 aliphatic heterocycles. The molecular weight excluding hydrogens is 350 g/mol. The van der Waals surface area contributed by atoms with Crippen LogP contribution < -0.4 is 15.4 Å². The van der Waals surface area contributed by atoms with Crippen LogP contribution in [0.2, 0.25) is 0 Å². The van der Waals surface area contributed by atoms with Crippen molar-refractivity contribution < 1.29 is 13.2 Å². The third-order valence-corrected chi connectivity index (χ3v) is 5.63. The van der Waals surface area contributed by atoms with Crippen LogP contribution in [0.15, 0.2) is 47.4 Å². The number of benzene rings is 2. The molecule has 0 radical (unpaired) electrons. The molecule has 0 aromatic heterocycles. The minimum Gasteiger partial charge on any atom is -0.350 e. The summed E-state index contributed by atoms with van der Waals surface area (Å²) in [4.78, 5) is 12.3. The first-order chi connectivity index (χ1) is 12.2.